The second-order valence-electron chi connectivity index (χ2n) is 4.76. The van der Waals surface area contributed by atoms with Crippen molar-refractivity contribution in [3.8, 4) is 5.75 Å². The lowest BCUT2D eigenvalue weighted by atomic mass is 10.2. The number of halogens is 1. The molecule has 8 heteroatoms. The molecule has 1 N–H and O–H groups in total. The number of ether oxygens (including phenoxy) is 2. The molecule has 0 bridgehead atoms. The minimum absolute atomic E-state index is 0.0147. The van der Waals surface area contributed by atoms with Gasteiger partial charge in [0.2, 0.25) is 10.0 Å². The summed E-state index contributed by atoms with van der Waals surface area (Å²) in [6, 6.07) is 10.5. The molecule has 128 valence electrons. The summed E-state index contributed by atoms with van der Waals surface area (Å²) in [5.74, 6) is -0.0203. The molecule has 2 aromatic carbocycles. The molecule has 6 nitrogen and oxygen atoms in total. The fourth-order valence-corrected chi connectivity index (χ4v) is 2.90. The van der Waals surface area contributed by atoms with Crippen molar-refractivity contribution in [3.63, 3.8) is 0 Å². The van der Waals surface area contributed by atoms with E-state index in [4.69, 9.17) is 21.1 Å². The lowest BCUT2D eigenvalue weighted by molar-refractivity contribution is 0.0470. The van der Waals surface area contributed by atoms with E-state index in [1.807, 2.05) is 0 Å². The fourth-order valence-electron chi connectivity index (χ4n) is 1.97. The van der Waals surface area contributed by atoms with E-state index in [2.05, 4.69) is 4.72 Å². The third-order valence-electron chi connectivity index (χ3n) is 3.27. The Morgan fingerprint density at radius 1 is 1.17 bits per heavy atom. The molecule has 0 unspecified atom stereocenters. The Balaban J connectivity index is 2.09. The van der Waals surface area contributed by atoms with E-state index in [-0.39, 0.29) is 17.1 Å². The summed E-state index contributed by atoms with van der Waals surface area (Å²) < 4.78 is 35.9. The molecule has 0 atom stereocenters. The molecule has 2 rings (SSSR count). The van der Waals surface area contributed by atoms with Gasteiger partial charge < -0.3 is 9.47 Å². The Bertz CT molecular complexity index is 834. The monoisotopic (exact) mass is 369 g/mol. The second kappa shape index (κ2) is 7.65. The van der Waals surface area contributed by atoms with Crippen LogP contribution in [0, 0.1) is 0 Å². The van der Waals surface area contributed by atoms with Crippen molar-refractivity contribution in [1.82, 2.24) is 4.72 Å². The number of carbonyl (C=O) groups excluding carboxylic acids is 1. The molecule has 0 saturated carbocycles. The molecular weight excluding hydrogens is 354 g/mol. The maximum Gasteiger partial charge on any atom is 0.338 e. The van der Waals surface area contributed by atoms with Gasteiger partial charge in [-0.3, -0.25) is 0 Å². The number of carbonyl (C=O) groups is 1. The number of methoxy groups -OCH3 is 1. The van der Waals surface area contributed by atoms with Gasteiger partial charge in [-0.05, 0) is 49.5 Å². The van der Waals surface area contributed by atoms with Crippen LogP contribution in [0.2, 0.25) is 5.02 Å². The van der Waals surface area contributed by atoms with E-state index in [0.29, 0.717) is 16.3 Å². The van der Waals surface area contributed by atoms with E-state index in [9.17, 15) is 13.2 Å². The van der Waals surface area contributed by atoms with Gasteiger partial charge in [0, 0.05) is 10.6 Å². The van der Waals surface area contributed by atoms with Gasteiger partial charge in [-0.15, -0.1) is 0 Å². The first-order valence-electron chi connectivity index (χ1n) is 6.90. The second-order valence-corrected chi connectivity index (χ2v) is 7.09. The van der Waals surface area contributed by atoms with E-state index < -0.39 is 16.0 Å². The average molecular weight is 370 g/mol. The maximum atomic E-state index is 12.1. The van der Waals surface area contributed by atoms with Crippen LogP contribution < -0.4 is 9.46 Å². The number of nitrogens with one attached hydrogen (secondary N) is 1. The zero-order chi connectivity index (χ0) is 17.7. The summed E-state index contributed by atoms with van der Waals surface area (Å²) >= 11 is 5.92. The van der Waals surface area contributed by atoms with Gasteiger partial charge >= 0.3 is 5.97 Å². The topological polar surface area (TPSA) is 81.7 Å². The molecule has 0 aliphatic carbocycles. The standard InChI is InChI=1S/C16H16ClNO5S/c1-18-24(20,21)14-6-3-11(4-7-14)16(19)23-10-12-9-13(17)5-8-15(12)22-2/h3-9,18H,10H2,1-2H3. The highest BCUT2D eigenvalue weighted by Crippen LogP contribution is 2.23. The third kappa shape index (κ3) is 4.25. The van der Waals surface area contributed by atoms with Gasteiger partial charge in [0.25, 0.3) is 0 Å². The van der Waals surface area contributed by atoms with E-state index >= 15 is 0 Å². The summed E-state index contributed by atoms with van der Waals surface area (Å²) in [6.07, 6.45) is 0. The maximum absolute atomic E-state index is 12.1. The van der Waals surface area contributed by atoms with Crippen molar-refractivity contribution < 1.29 is 22.7 Å². The summed E-state index contributed by atoms with van der Waals surface area (Å²) in [6.45, 7) is -0.0147. The van der Waals surface area contributed by atoms with Crippen LogP contribution in [0.4, 0.5) is 0 Å². The van der Waals surface area contributed by atoms with Crippen LogP contribution in [-0.4, -0.2) is 28.5 Å². The molecule has 0 spiro atoms. The van der Waals surface area contributed by atoms with E-state index in [0.717, 1.165) is 0 Å². The Morgan fingerprint density at radius 3 is 2.42 bits per heavy atom. The molecule has 2 aromatic rings. The first-order valence-corrected chi connectivity index (χ1v) is 8.76. The Labute approximate surface area is 145 Å². The average Bonchev–Trinajstić information content (AvgIpc) is 2.60. The fraction of sp³-hybridized carbons (Fsp3) is 0.188. The number of benzene rings is 2. The van der Waals surface area contributed by atoms with Crippen molar-refractivity contribution in [2.24, 2.45) is 0 Å². The highest BCUT2D eigenvalue weighted by atomic mass is 35.5. The highest BCUT2D eigenvalue weighted by Gasteiger charge is 2.14. The summed E-state index contributed by atoms with van der Waals surface area (Å²) in [7, 11) is -0.718. The van der Waals surface area contributed by atoms with Crippen LogP contribution in [0.5, 0.6) is 5.75 Å². The molecule has 0 aliphatic rings. The molecule has 0 aliphatic heterocycles. The van der Waals surface area contributed by atoms with Crippen LogP contribution >= 0.6 is 11.6 Å². The van der Waals surface area contributed by atoms with E-state index in [1.165, 1.54) is 38.4 Å². The molecule has 24 heavy (non-hydrogen) atoms. The Hall–Kier alpha value is -2.09. The van der Waals surface area contributed by atoms with Crippen molar-refractivity contribution in [2.45, 2.75) is 11.5 Å². The summed E-state index contributed by atoms with van der Waals surface area (Å²) in [5.41, 5.74) is 0.874. The molecule has 0 aromatic heterocycles. The van der Waals surface area contributed by atoms with Gasteiger partial charge in [0.1, 0.15) is 12.4 Å². The van der Waals surface area contributed by atoms with Crippen molar-refractivity contribution in [1.29, 1.82) is 0 Å². The van der Waals surface area contributed by atoms with Gasteiger partial charge in [0.15, 0.2) is 0 Å². The van der Waals surface area contributed by atoms with Gasteiger partial charge in [0.05, 0.1) is 17.6 Å². The van der Waals surface area contributed by atoms with Crippen molar-refractivity contribution in [3.05, 3.63) is 58.6 Å². The van der Waals surface area contributed by atoms with Crippen molar-refractivity contribution >= 4 is 27.6 Å². The number of hydrogen-bond acceptors (Lipinski definition) is 5. The normalized spacial score (nSPS) is 11.1. The highest BCUT2D eigenvalue weighted by molar-refractivity contribution is 7.89. The zero-order valence-corrected chi connectivity index (χ0v) is 14.6. The van der Waals surface area contributed by atoms with Crippen LogP contribution in [0.1, 0.15) is 15.9 Å². The van der Waals surface area contributed by atoms with Gasteiger partial charge in [-0.25, -0.2) is 17.9 Å². The molecule has 0 radical (unpaired) electrons. The Morgan fingerprint density at radius 2 is 1.83 bits per heavy atom. The van der Waals surface area contributed by atoms with Crippen LogP contribution in [0.15, 0.2) is 47.4 Å². The first-order chi connectivity index (χ1) is 11.4. The predicted octanol–water partition coefficient (Wildman–Crippen LogP) is 2.61. The van der Waals surface area contributed by atoms with Crippen LogP contribution in [0.25, 0.3) is 0 Å². The first kappa shape index (κ1) is 18.3. The SMILES string of the molecule is CNS(=O)(=O)c1ccc(C(=O)OCc2cc(Cl)ccc2OC)cc1. The summed E-state index contributed by atoms with van der Waals surface area (Å²) in [4.78, 5) is 12.1. The number of hydrogen-bond donors (Lipinski definition) is 1. The zero-order valence-electron chi connectivity index (χ0n) is 13.1. The minimum atomic E-state index is -3.54. The molecule has 0 heterocycles. The molecule has 0 fully saturated rings. The molecule has 0 amide bonds. The molecular formula is C16H16ClNO5S. The van der Waals surface area contributed by atoms with Crippen molar-refractivity contribution in [2.75, 3.05) is 14.2 Å². The molecule has 0 saturated heterocycles. The lowest BCUT2D eigenvalue weighted by Gasteiger charge is -2.10. The number of esters is 1. The number of sulfonamides is 1. The van der Waals surface area contributed by atoms with Crippen LogP contribution in [0.3, 0.4) is 0 Å². The van der Waals surface area contributed by atoms with Crippen LogP contribution in [-0.2, 0) is 21.4 Å². The largest absolute Gasteiger partial charge is 0.496 e. The number of rotatable bonds is 6. The lowest BCUT2D eigenvalue weighted by Crippen LogP contribution is -2.18. The summed E-state index contributed by atoms with van der Waals surface area (Å²) in [5, 5.41) is 0.503. The predicted molar refractivity (Wildman–Crippen MR) is 89.8 cm³/mol. The smallest absolute Gasteiger partial charge is 0.338 e. The van der Waals surface area contributed by atoms with Gasteiger partial charge in [-0.1, -0.05) is 11.6 Å². The minimum Gasteiger partial charge on any atom is -0.496 e. The third-order valence-corrected chi connectivity index (χ3v) is 4.94. The van der Waals surface area contributed by atoms with E-state index in [1.54, 1.807) is 18.2 Å². The Kier molecular flexibility index (Phi) is 5.82. The van der Waals surface area contributed by atoms with Gasteiger partial charge in [-0.2, -0.15) is 0 Å². The quantitative estimate of drug-likeness (QED) is 0.791.